The molecule has 0 bridgehead atoms. The molecule has 2 heterocycles. The summed E-state index contributed by atoms with van der Waals surface area (Å²) in [6, 6.07) is 3.07. The second-order valence-corrected chi connectivity index (χ2v) is 4.28. The van der Waals surface area contributed by atoms with Crippen LogP contribution in [0.3, 0.4) is 0 Å². The van der Waals surface area contributed by atoms with Crippen LogP contribution in [0.1, 0.15) is 19.8 Å². The van der Waals surface area contributed by atoms with Gasteiger partial charge < -0.3 is 9.64 Å². The molecule has 0 spiro atoms. The van der Waals surface area contributed by atoms with Crippen molar-refractivity contribution >= 4 is 11.5 Å². The molecule has 0 aliphatic carbocycles. The van der Waals surface area contributed by atoms with Gasteiger partial charge in [-0.1, -0.05) is 0 Å². The number of pyridine rings is 1. The average Bonchev–Trinajstić information content (AvgIpc) is 2.88. The van der Waals surface area contributed by atoms with E-state index in [9.17, 15) is 10.1 Å². The minimum absolute atomic E-state index is 0.0531. The number of aromatic nitrogens is 1. The Labute approximate surface area is 106 Å². The first-order chi connectivity index (χ1) is 8.72. The number of nitrogens with zero attached hydrogens (tertiary/aromatic N) is 3. The molecule has 6 nitrogen and oxygen atoms in total. The maximum atomic E-state index is 11.0. The highest BCUT2D eigenvalue weighted by Gasteiger charge is 2.24. The van der Waals surface area contributed by atoms with Gasteiger partial charge in [0.2, 0.25) is 5.82 Å². The molecule has 0 radical (unpaired) electrons. The van der Waals surface area contributed by atoms with Gasteiger partial charge in [0.1, 0.15) is 0 Å². The normalized spacial score (nSPS) is 18.8. The van der Waals surface area contributed by atoms with Crippen LogP contribution in [0.4, 0.5) is 11.5 Å². The molecule has 1 aliphatic rings. The van der Waals surface area contributed by atoms with Crippen molar-refractivity contribution in [3.8, 4) is 0 Å². The van der Waals surface area contributed by atoms with E-state index >= 15 is 0 Å². The molecule has 1 saturated heterocycles. The van der Waals surface area contributed by atoms with Crippen LogP contribution in [-0.4, -0.2) is 35.7 Å². The van der Waals surface area contributed by atoms with Crippen molar-refractivity contribution in [2.24, 2.45) is 0 Å². The zero-order valence-electron chi connectivity index (χ0n) is 10.4. The first-order valence-corrected chi connectivity index (χ1v) is 6.18. The van der Waals surface area contributed by atoms with E-state index in [-0.39, 0.29) is 16.7 Å². The highest BCUT2D eigenvalue weighted by Crippen LogP contribution is 2.26. The monoisotopic (exact) mass is 251 g/mol. The molecule has 1 aliphatic heterocycles. The number of hydrogen-bond donors (Lipinski definition) is 0. The summed E-state index contributed by atoms with van der Waals surface area (Å²) in [4.78, 5) is 16.7. The lowest BCUT2D eigenvalue weighted by atomic mass is 10.2. The van der Waals surface area contributed by atoms with Crippen LogP contribution in [0, 0.1) is 10.1 Å². The molecule has 0 amide bonds. The van der Waals surface area contributed by atoms with Gasteiger partial charge in [0.25, 0.3) is 0 Å². The van der Waals surface area contributed by atoms with Crippen LogP contribution in [0.2, 0.25) is 0 Å². The maximum absolute atomic E-state index is 11.0. The van der Waals surface area contributed by atoms with Gasteiger partial charge in [-0.15, -0.1) is 0 Å². The third-order valence-electron chi connectivity index (χ3n) is 3.09. The lowest BCUT2D eigenvalue weighted by Crippen LogP contribution is -2.33. The highest BCUT2D eigenvalue weighted by molar-refractivity contribution is 5.57. The molecular formula is C12H17N3O3. The fourth-order valence-corrected chi connectivity index (χ4v) is 2.17. The predicted octanol–water partition coefficient (Wildman–Crippen LogP) is 2.00. The lowest BCUT2D eigenvalue weighted by Gasteiger charge is -2.24. The quantitative estimate of drug-likeness (QED) is 0.591. The van der Waals surface area contributed by atoms with E-state index in [1.54, 1.807) is 12.3 Å². The molecule has 1 atom stereocenters. The van der Waals surface area contributed by atoms with Crippen LogP contribution in [-0.2, 0) is 4.74 Å². The molecule has 0 N–H and O–H groups in total. The van der Waals surface area contributed by atoms with Crippen LogP contribution in [0.15, 0.2) is 18.3 Å². The molecule has 1 aromatic heterocycles. The number of anilines is 1. The van der Waals surface area contributed by atoms with E-state index in [0.717, 1.165) is 19.4 Å². The number of rotatable bonds is 5. The van der Waals surface area contributed by atoms with Crippen LogP contribution in [0.25, 0.3) is 0 Å². The number of hydrogen-bond acceptors (Lipinski definition) is 5. The van der Waals surface area contributed by atoms with Crippen LogP contribution < -0.4 is 4.90 Å². The summed E-state index contributed by atoms with van der Waals surface area (Å²) in [5.74, 6) is 0.431. The van der Waals surface area contributed by atoms with Crippen molar-refractivity contribution in [2.75, 3.05) is 24.6 Å². The van der Waals surface area contributed by atoms with Crippen molar-refractivity contribution in [2.45, 2.75) is 25.9 Å². The van der Waals surface area contributed by atoms with E-state index < -0.39 is 0 Å². The number of nitro groups is 1. The fraction of sp³-hybridized carbons (Fsp3) is 0.583. The van der Waals surface area contributed by atoms with E-state index in [0.29, 0.717) is 18.9 Å². The van der Waals surface area contributed by atoms with Gasteiger partial charge in [-0.05, 0) is 25.8 Å². The second-order valence-electron chi connectivity index (χ2n) is 4.28. The zero-order valence-corrected chi connectivity index (χ0v) is 10.4. The summed E-state index contributed by atoms with van der Waals surface area (Å²) in [6.45, 7) is 4.09. The molecule has 18 heavy (non-hydrogen) atoms. The third kappa shape index (κ3) is 2.76. The molecule has 6 heteroatoms. The highest BCUT2D eigenvalue weighted by atomic mass is 16.6. The Hall–Kier alpha value is -1.69. The molecular weight excluding hydrogens is 234 g/mol. The van der Waals surface area contributed by atoms with Crippen molar-refractivity contribution in [3.05, 3.63) is 28.4 Å². The summed E-state index contributed by atoms with van der Waals surface area (Å²) in [7, 11) is 0. The molecule has 1 fully saturated rings. The van der Waals surface area contributed by atoms with Crippen molar-refractivity contribution in [3.63, 3.8) is 0 Å². The van der Waals surface area contributed by atoms with E-state index in [2.05, 4.69) is 4.98 Å². The Balaban J connectivity index is 2.18. The van der Waals surface area contributed by atoms with Crippen LogP contribution in [0.5, 0.6) is 0 Å². The smallest absolute Gasteiger partial charge is 0.311 e. The van der Waals surface area contributed by atoms with E-state index in [1.165, 1.54) is 6.07 Å². The Kier molecular flexibility index (Phi) is 4.09. The minimum Gasteiger partial charge on any atom is -0.376 e. The first-order valence-electron chi connectivity index (χ1n) is 6.18. The van der Waals surface area contributed by atoms with Gasteiger partial charge in [0.05, 0.1) is 11.0 Å². The second kappa shape index (κ2) is 5.77. The SMILES string of the molecule is CCN(C[C@H]1CCCO1)c1ncccc1[N+](=O)[O-]. The maximum Gasteiger partial charge on any atom is 0.311 e. The Morgan fingerprint density at radius 1 is 1.67 bits per heavy atom. The predicted molar refractivity (Wildman–Crippen MR) is 67.8 cm³/mol. The lowest BCUT2D eigenvalue weighted by molar-refractivity contribution is -0.384. The van der Waals surface area contributed by atoms with Crippen molar-refractivity contribution in [1.82, 2.24) is 4.98 Å². The third-order valence-corrected chi connectivity index (χ3v) is 3.09. The number of likely N-dealkylation sites (N-methyl/N-ethyl adjacent to an activating group) is 1. The molecule has 0 saturated carbocycles. The van der Waals surface area contributed by atoms with Gasteiger partial charge in [0, 0.05) is 32.0 Å². The summed E-state index contributed by atoms with van der Waals surface area (Å²) < 4.78 is 5.57. The Morgan fingerprint density at radius 2 is 2.50 bits per heavy atom. The van der Waals surface area contributed by atoms with Crippen LogP contribution >= 0.6 is 0 Å². The van der Waals surface area contributed by atoms with Gasteiger partial charge in [-0.3, -0.25) is 10.1 Å². The van der Waals surface area contributed by atoms with Gasteiger partial charge >= 0.3 is 5.69 Å². The Bertz CT molecular complexity index is 419. The van der Waals surface area contributed by atoms with Gasteiger partial charge in [-0.2, -0.15) is 0 Å². The van der Waals surface area contributed by atoms with E-state index in [1.807, 2.05) is 11.8 Å². The Morgan fingerprint density at radius 3 is 3.11 bits per heavy atom. The number of ether oxygens (including phenoxy) is 1. The standard InChI is InChI=1S/C12H17N3O3/c1-2-14(9-10-5-4-8-18-10)12-11(15(16)17)6-3-7-13-12/h3,6-7,10H,2,4-5,8-9H2,1H3/t10-/m1/s1. The zero-order chi connectivity index (χ0) is 13.0. The summed E-state index contributed by atoms with van der Waals surface area (Å²) in [6.07, 6.45) is 3.82. The van der Waals surface area contributed by atoms with Gasteiger partial charge in [-0.25, -0.2) is 4.98 Å². The topological polar surface area (TPSA) is 68.5 Å². The van der Waals surface area contributed by atoms with Gasteiger partial charge in [0.15, 0.2) is 0 Å². The van der Waals surface area contributed by atoms with Crippen molar-refractivity contribution < 1.29 is 9.66 Å². The largest absolute Gasteiger partial charge is 0.376 e. The molecule has 98 valence electrons. The summed E-state index contributed by atoms with van der Waals surface area (Å²) >= 11 is 0. The van der Waals surface area contributed by atoms with E-state index in [4.69, 9.17) is 4.74 Å². The molecule has 0 aromatic carbocycles. The average molecular weight is 251 g/mol. The summed E-state index contributed by atoms with van der Waals surface area (Å²) in [5, 5.41) is 11.0. The first kappa shape index (κ1) is 12.8. The fourth-order valence-electron chi connectivity index (χ4n) is 2.17. The molecule has 1 aromatic rings. The minimum atomic E-state index is -0.388. The summed E-state index contributed by atoms with van der Waals surface area (Å²) in [5.41, 5.74) is 0.0531. The molecule has 0 unspecified atom stereocenters. The van der Waals surface area contributed by atoms with Crippen molar-refractivity contribution in [1.29, 1.82) is 0 Å². The molecule has 2 rings (SSSR count).